The Morgan fingerprint density at radius 1 is 1.37 bits per heavy atom. The van der Waals surface area contributed by atoms with Crippen LogP contribution in [0, 0.1) is 10.1 Å². The van der Waals surface area contributed by atoms with Crippen LogP contribution >= 0.6 is 11.3 Å². The number of nitro benzene ring substituents is 1. The zero-order valence-corrected chi connectivity index (χ0v) is 11.0. The molecular weight excluding hydrogens is 266 g/mol. The Bertz CT molecular complexity index is 607. The minimum Gasteiger partial charge on any atom is -0.490 e. The molecule has 0 aliphatic rings. The largest absolute Gasteiger partial charge is 0.490 e. The Morgan fingerprint density at radius 3 is 2.74 bits per heavy atom. The van der Waals surface area contributed by atoms with Crippen LogP contribution in [0.25, 0.3) is 0 Å². The molecule has 0 N–H and O–H groups in total. The molecule has 0 spiro atoms. The van der Waals surface area contributed by atoms with E-state index in [1.165, 1.54) is 30.6 Å². The Morgan fingerprint density at radius 2 is 2.16 bits per heavy atom. The number of hydrogen-bond acceptors (Lipinski definition) is 5. The fourth-order valence-electron chi connectivity index (χ4n) is 1.77. The van der Waals surface area contributed by atoms with Crippen LogP contribution in [-0.4, -0.2) is 17.8 Å². The Kier molecular flexibility index (Phi) is 3.91. The minimum absolute atomic E-state index is 0.0223. The second-order valence-electron chi connectivity index (χ2n) is 3.79. The van der Waals surface area contributed by atoms with Crippen molar-refractivity contribution in [1.82, 2.24) is 0 Å². The van der Waals surface area contributed by atoms with Crippen LogP contribution in [0.15, 0.2) is 35.7 Å². The summed E-state index contributed by atoms with van der Waals surface area (Å²) in [6.45, 7) is 0. The highest BCUT2D eigenvalue weighted by Gasteiger charge is 2.22. The van der Waals surface area contributed by atoms with E-state index < -0.39 is 4.92 Å². The van der Waals surface area contributed by atoms with Gasteiger partial charge in [0.25, 0.3) is 0 Å². The fourth-order valence-corrected chi connectivity index (χ4v) is 2.47. The molecule has 0 saturated carbocycles. The molecule has 5 nitrogen and oxygen atoms in total. The number of thiophene rings is 1. The summed E-state index contributed by atoms with van der Waals surface area (Å²) in [5.74, 6) is -0.169. The van der Waals surface area contributed by atoms with E-state index in [1.54, 1.807) is 6.07 Å². The van der Waals surface area contributed by atoms with Crippen LogP contribution in [0.3, 0.4) is 0 Å². The van der Waals surface area contributed by atoms with Gasteiger partial charge in [0.15, 0.2) is 5.78 Å². The maximum atomic E-state index is 12.2. The maximum Gasteiger partial charge on any atom is 0.311 e. The van der Waals surface area contributed by atoms with Gasteiger partial charge in [-0.1, -0.05) is 12.1 Å². The third kappa shape index (κ3) is 2.79. The molecule has 98 valence electrons. The number of para-hydroxylation sites is 1. The van der Waals surface area contributed by atoms with E-state index in [2.05, 4.69) is 0 Å². The van der Waals surface area contributed by atoms with E-state index in [1.807, 2.05) is 17.5 Å². The van der Waals surface area contributed by atoms with E-state index in [4.69, 9.17) is 4.74 Å². The predicted octanol–water partition coefficient (Wildman–Crippen LogP) is 3.09. The summed E-state index contributed by atoms with van der Waals surface area (Å²) in [6, 6.07) is 8.06. The van der Waals surface area contributed by atoms with E-state index in [0.717, 1.165) is 4.88 Å². The number of carbonyl (C=O) groups excluding carboxylic acids is 1. The molecule has 0 radical (unpaired) electrons. The number of nitro groups is 1. The highest BCUT2D eigenvalue weighted by molar-refractivity contribution is 7.10. The lowest BCUT2D eigenvalue weighted by atomic mass is 10.1. The van der Waals surface area contributed by atoms with Crippen molar-refractivity contribution < 1.29 is 14.5 Å². The van der Waals surface area contributed by atoms with Crippen molar-refractivity contribution in [3.8, 4) is 5.75 Å². The number of ether oxygens (including phenoxy) is 1. The summed E-state index contributed by atoms with van der Waals surface area (Å²) in [5, 5.41) is 12.8. The summed E-state index contributed by atoms with van der Waals surface area (Å²) in [6.07, 6.45) is 0.217. The molecule has 0 aliphatic heterocycles. The lowest BCUT2D eigenvalue weighted by molar-refractivity contribution is -0.385. The van der Waals surface area contributed by atoms with Gasteiger partial charge in [0, 0.05) is 17.4 Å². The van der Waals surface area contributed by atoms with Crippen molar-refractivity contribution in [2.45, 2.75) is 6.42 Å². The number of rotatable bonds is 5. The number of carbonyl (C=O) groups is 1. The van der Waals surface area contributed by atoms with Crippen molar-refractivity contribution in [2.24, 2.45) is 0 Å². The first-order valence-corrected chi connectivity index (χ1v) is 6.38. The van der Waals surface area contributed by atoms with E-state index >= 15 is 0 Å². The van der Waals surface area contributed by atoms with E-state index in [-0.39, 0.29) is 29.2 Å². The van der Waals surface area contributed by atoms with Crippen LogP contribution in [0.5, 0.6) is 5.75 Å². The molecule has 1 aromatic heterocycles. The Labute approximate surface area is 113 Å². The van der Waals surface area contributed by atoms with Gasteiger partial charge in [0.05, 0.1) is 17.6 Å². The zero-order chi connectivity index (χ0) is 13.8. The van der Waals surface area contributed by atoms with Gasteiger partial charge in [-0.2, -0.15) is 0 Å². The molecule has 0 aliphatic carbocycles. The normalized spacial score (nSPS) is 10.2. The number of methoxy groups -OCH3 is 1. The van der Waals surface area contributed by atoms with Crippen molar-refractivity contribution >= 4 is 22.8 Å². The first-order chi connectivity index (χ1) is 9.13. The van der Waals surface area contributed by atoms with Gasteiger partial charge in [-0.15, -0.1) is 11.3 Å². The van der Waals surface area contributed by atoms with Gasteiger partial charge in [0.2, 0.25) is 5.75 Å². The van der Waals surface area contributed by atoms with Crippen LogP contribution in [0.1, 0.15) is 15.2 Å². The third-order valence-electron chi connectivity index (χ3n) is 2.61. The molecular formula is C13H11NO4S. The van der Waals surface area contributed by atoms with Gasteiger partial charge in [-0.25, -0.2) is 0 Å². The van der Waals surface area contributed by atoms with Crippen LogP contribution in [0.4, 0.5) is 5.69 Å². The Hall–Kier alpha value is -2.21. The van der Waals surface area contributed by atoms with Crippen molar-refractivity contribution in [2.75, 3.05) is 7.11 Å². The van der Waals surface area contributed by atoms with Gasteiger partial charge in [-0.3, -0.25) is 14.9 Å². The second kappa shape index (κ2) is 5.62. The van der Waals surface area contributed by atoms with Gasteiger partial charge in [0.1, 0.15) is 0 Å². The molecule has 0 atom stereocenters. The first kappa shape index (κ1) is 13.2. The molecule has 0 fully saturated rings. The van der Waals surface area contributed by atoms with Gasteiger partial charge >= 0.3 is 5.69 Å². The highest BCUT2D eigenvalue weighted by Crippen LogP contribution is 2.31. The fraction of sp³-hybridized carbons (Fsp3) is 0.154. The number of Topliss-reactive ketones (excluding diaryl/α,β-unsaturated/α-hetero) is 1. The molecule has 0 amide bonds. The van der Waals surface area contributed by atoms with Gasteiger partial charge in [-0.05, 0) is 17.5 Å². The number of hydrogen-bond donors (Lipinski definition) is 0. The van der Waals surface area contributed by atoms with Crippen molar-refractivity contribution in [3.05, 3.63) is 56.3 Å². The van der Waals surface area contributed by atoms with Crippen molar-refractivity contribution in [3.63, 3.8) is 0 Å². The second-order valence-corrected chi connectivity index (χ2v) is 4.83. The lowest BCUT2D eigenvalue weighted by Gasteiger charge is -2.07. The third-order valence-corrected chi connectivity index (χ3v) is 3.49. The maximum absolute atomic E-state index is 12.2. The minimum atomic E-state index is -0.555. The van der Waals surface area contributed by atoms with Crippen LogP contribution in [-0.2, 0) is 6.42 Å². The monoisotopic (exact) mass is 277 g/mol. The SMILES string of the molecule is COc1c(C(=O)Cc2cccs2)cccc1[N+](=O)[O-]. The topological polar surface area (TPSA) is 69.4 Å². The molecule has 19 heavy (non-hydrogen) atoms. The lowest BCUT2D eigenvalue weighted by Crippen LogP contribution is -2.06. The van der Waals surface area contributed by atoms with E-state index in [9.17, 15) is 14.9 Å². The number of ketones is 1. The molecule has 0 saturated heterocycles. The van der Waals surface area contributed by atoms with E-state index in [0.29, 0.717) is 0 Å². The van der Waals surface area contributed by atoms with Crippen LogP contribution < -0.4 is 4.74 Å². The molecule has 1 heterocycles. The summed E-state index contributed by atoms with van der Waals surface area (Å²) in [5.41, 5.74) is 0.0460. The summed E-state index contributed by atoms with van der Waals surface area (Å²) < 4.78 is 5.02. The molecule has 0 bridgehead atoms. The molecule has 2 rings (SSSR count). The van der Waals surface area contributed by atoms with Gasteiger partial charge < -0.3 is 4.74 Å². The summed E-state index contributed by atoms with van der Waals surface area (Å²) in [4.78, 5) is 23.4. The Balaban J connectivity index is 2.36. The van der Waals surface area contributed by atoms with Crippen LogP contribution in [0.2, 0.25) is 0 Å². The number of nitrogens with zero attached hydrogens (tertiary/aromatic N) is 1. The summed E-state index contributed by atoms with van der Waals surface area (Å²) >= 11 is 1.47. The van der Waals surface area contributed by atoms with Crippen molar-refractivity contribution in [1.29, 1.82) is 0 Å². The molecule has 2 aromatic rings. The zero-order valence-electron chi connectivity index (χ0n) is 10.2. The average Bonchev–Trinajstić information content (AvgIpc) is 2.90. The smallest absolute Gasteiger partial charge is 0.311 e. The number of benzene rings is 1. The first-order valence-electron chi connectivity index (χ1n) is 5.50. The quantitative estimate of drug-likeness (QED) is 0.478. The molecule has 6 heteroatoms. The highest BCUT2D eigenvalue weighted by atomic mass is 32.1. The predicted molar refractivity (Wildman–Crippen MR) is 72.0 cm³/mol. The molecule has 0 unspecified atom stereocenters. The summed E-state index contributed by atoms with van der Waals surface area (Å²) in [7, 11) is 1.32. The average molecular weight is 277 g/mol. The standard InChI is InChI=1S/C13H11NO4S/c1-18-13-10(5-2-6-11(13)14(16)17)12(15)8-9-4-3-7-19-9/h2-7H,8H2,1H3. The molecule has 1 aromatic carbocycles.